The van der Waals surface area contributed by atoms with Gasteiger partial charge < -0.3 is 16.0 Å². The van der Waals surface area contributed by atoms with Gasteiger partial charge in [-0.3, -0.25) is 14.5 Å². The van der Waals surface area contributed by atoms with Crippen molar-refractivity contribution >= 4 is 29.1 Å². The van der Waals surface area contributed by atoms with Gasteiger partial charge >= 0.3 is 0 Å². The molecule has 1 aliphatic rings. The van der Waals surface area contributed by atoms with Crippen molar-refractivity contribution in [1.29, 1.82) is 0 Å². The van der Waals surface area contributed by atoms with Gasteiger partial charge in [0.1, 0.15) is 5.82 Å². The van der Waals surface area contributed by atoms with Crippen molar-refractivity contribution in [3.05, 3.63) is 45.6 Å². The van der Waals surface area contributed by atoms with Gasteiger partial charge in [0.15, 0.2) is 5.82 Å². The van der Waals surface area contributed by atoms with E-state index >= 15 is 0 Å². The lowest BCUT2D eigenvalue weighted by Crippen LogP contribution is -2.46. The predicted molar refractivity (Wildman–Crippen MR) is 100 cm³/mol. The number of anilines is 2. The first-order valence-electron chi connectivity index (χ1n) is 8.45. The van der Waals surface area contributed by atoms with E-state index in [2.05, 4.69) is 25.2 Å². The maximum atomic E-state index is 12.5. The van der Waals surface area contributed by atoms with Crippen molar-refractivity contribution < 1.29 is 4.79 Å². The van der Waals surface area contributed by atoms with E-state index in [4.69, 9.17) is 17.3 Å². The first kappa shape index (κ1) is 18.3. The number of halogens is 1. The average molecular weight is 377 g/mol. The number of H-pyrrole nitrogens is 1. The number of likely N-dealkylation sites (tertiary alicyclic amines) is 1. The van der Waals surface area contributed by atoms with Gasteiger partial charge in [0.05, 0.1) is 16.8 Å². The molecule has 2 aromatic rings. The van der Waals surface area contributed by atoms with Gasteiger partial charge in [-0.2, -0.15) is 0 Å². The second kappa shape index (κ2) is 7.84. The van der Waals surface area contributed by atoms with Crippen LogP contribution in [-0.4, -0.2) is 44.9 Å². The summed E-state index contributed by atoms with van der Waals surface area (Å²) in [6.07, 6.45) is 4.96. The highest BCUT2D eigenvalue weighted by molar-refractivity contribution is 6.30. The van der Waals surface area contributed by atoms with E-state index < -0.39 is 0 Å². The number of nitrogens with two attached hydrogens (primary N) is 1. The molecule has 1 aliphatic heterocycles. The Bertz CT molecular complexity index is 838. The van der Waals surface area contributed by atoms with Crippen LogP contribution in [0, 0.1) is 0 Å². The summed E-state index contributed by atoms with van der Waals surface area (Å²) in [5.41, 5.74) is 5.98. The van der Waals surface area contributed by atoms with Crippen molar-refractivity contribution in [2.75, 3.05) is 24.1 Å². The van der Waals surface area contributed by atoms with Crippen molar-refractivity contribution in [2.24, 2.45) is 0 Å². The van der Waals surface area contributed by atoms with Crippen LogP contribution in [0.25, 0.3) is 0 Å². The lowest BCUT2D eigenvalue weighted by molar-refractivity contribution is -0.121. The number of hydrogen-bond acceptors (Lipinski definition) is 6. The molecule has 2 atom stereocenters. The lowest BCUT2D eigenvalue weighted by atomic mass is 9.94. The minimum atomic E-state index is -0.385. The lowest BCUT2D eigenvalue weighted by Gasteiger charge is -2.35. The number of nitrogens with one attached hydrogen (secondary N) is 2. The predicted octanol–water partition coefficient (Wildman–Crippen LogP) is 1.61. The third-order valence-electron chi connectivity index (χ3n) is 4.61. The summed E-state index contributed by atoms with van der Waals surface area (Å²) >= 11 is 5.81. The van der Waals surface area contributed by atoms with Gasteiger partial charge in [0, 0.05) is 24.9 Å². The average Bonchev–Trinajstić information content (AvgIpc) is 2.65. The number of nitrogens with zero attached hydrogens (tertiary/aromatic N) is 3. The molecular weight excluding hydrogens is 356 g/mol. The largest absolute Gasteiger partial charge is 0.379 e. The summed E-state index contributed by atoms with van der Waals surface area (Å²) in [6, 6.07) is 3.02. The number of piperidine rings is 1. The van der Waals surface area contributed by atoms with Gasteiger partial charge in [0.25, 0.3) is 5.56 Å². The number of nitrogen functional groups attached to an aromatic ring is 1. The summed E-state index contributed by atoms with van der Waals surface area (Å²) in [7, 11) is 0. The van der Waals surface area contributed by atoms with Crippen LogP contribution in [0.15, 0.2) is 29.3 Å². The van der Waals surface area contributed by atoms with E-state index in [0.29, 0.717) is 17.4 Å². The fourth-order valence-corrected chi connectivity index (χ4v) is 3.20. The van der Waals surface area contributed by atoms with Crippen LogP contribution in [-0.2, 0) is 4.79 Å². The van der Waals surface area contributed by atoms with Crippen LogP contribution in [0.2, 0.25) is 5.02 Å². The van der Waals surface area contributed by atoms with Crippen molar-refractivity contribution in [3.8, 4) is 0 Å². The minimum Gasteiger partial charge on any atom is -0.379 e. The summed E-state index contributed by atoms with van der Waals surface area (Å²) in [5.74, 6) is 0.426. The molecule has 8 nitrogen and oxygen atoms in total. The number of aromatic nitrogens is 3. The smallest absolute Gasteiger partial charge is 0.290 e. The maximum Gasteiger partial charge on any atom is 0.290 e. The van der Waals surface area contributed by atoms with E-state index in [-0.39, 0.29) is 29.2 Å². The molecule has 3 heterocycles. The van der Waals surface area contributed by atoms with E-state index in [0.717, 1.165) is 25.1 Å². The Labute approximate surface area is 155 Å². The second-order valence-corrected chi connectivity index (χ2v) is 6.84. The second-order valence-electron chi connectivity index (χ2n) is 6.40. The highest BCUT2D eigenvalue weighted by Crippen LogP contribution is 2.26. The van der Waals surface area contributed by atoms with Crippen LogP contribution < -0.4 is 16.6 Å². The number of aromatic amines is 1. The molecule has 1 amide bonds. The third kappa shape index (κ3) is 4.20. The Kier molecular flexibility index (Phi) is 5.53. The van der Waals surface area contributed by atoms with Gasteiger partial charge in [-0.25, -0.2) is 9.97 Å². The molecule has 0 radical (unpaired) electrons. The van der Waals surface area contributed by atoms with Crippen LogP contribution in [0.1, 0.15) is 31.4 Å². The van der Waals surface area contributed by atoms with E-state index in [1.165, 1.54) is 6.20 Å². The van der Waals surface area contributed by atoms with Gasteiger partial charge in [0.2, 0.25) is 5.91 Å². The first-order valence-corrected chi connectivity index (χ1v) is 8.83. The SMILES string of the molecule is CC(C(=O)Nc1ccc(Cl)cn1)N1CCC[C@@H](c2c[nH]c(=O)c(N)n2)C1. The van der Waals surface area contributed by atoms with Crippen LogP contribution >= 0.6 is 11.6 Å². The molecule has 3 rings (SSSR count). The van der Waals surface area contributed by atoms with E-state index in [1.54, 1.807) is 18.3 Å². The number of carbonyl (C=O) groups excluding carboxylic acids is 1. The summed E-state index contributed by atoms with van der Waals surface area (Å²) in [6.45, 7) is 3.35. The van der Waals surface area contributed by atoms with Crippen molar-refractivity contribution in [3.63, 3.8) is 0 Å². The number of carbonyl (C=O) groups is 1. The fraction of sp³-hybridized carbons (Fsp3) is 0.412. The van der Waals surface area contributed by atoms with Crippen LogP contribution in [0.3, 0.4) is 0 Å². The monoisotopic (exact) mass is 376 g/mol. The summed E-state index contributed by atoms with van der Waals surface area (Å²) in [4.78, 5) is 36.9. The minimum absolute atomic E-state index is 0.0285. The molecule has 138 valence electrons. The Morgan fingerprint density at radius 2 is 2.31 bits per heavy atom. The molecule has 1 saturated heterocycles. The van der Waals surface area contributed by atoms with Gasteiger partial charge in [-0.15, -0.1) is 0 Å². The Hall–Kier alpha value is -2.45. The molecule has 1 unspecified atom stereocenters. The van der Waals surface area contributed by atoms with Crippen LogP contribution in [0.4, 0.5) is 11.6 Å². The Morgan fingerprint density at radius 3 is 3.00 bits per heavy atom. The zero-order valence-corrected chi connectivity index (χ0v) is 15.2. The fourth-order valence-electron chi connectivity index (χ4n) is 3.09. The normalized spacial score (nSPS) is 19.1. The van der Waals surface area contributed by atoms with E-state index in [1.807, 2.05) is 6.92 Å². The molecule has 0 aromatic carbocycles. The molecule has 9 heteroatoms. The zero-order chi connectivity index (χ0) is 18.7. The molecular formula is C17H21ClN6O2. The third-order valence-corrected chi connectivity index (χ3v) is 4.83. The van der Waals surface area contributed by atoms with E-state index in [9.17, 15) is 9.59 Å². The highest BCUT2D eigenvalue weighted by atomic mass is 35.5. The highest BCUT2D eigenvalue weighted by Gasteiger charge is 2.29. The molecule has 4 N–H and O–H groups in total. The molecule has 26 heavy (non-hydrogen) atoms. The first-order chi connectivity index (χ1) is 12.4. The number of hydrogen-bond donors (Lipinski definition) is 3. The standard InChI is InChI=1S/C17H21ClN6O2/c1-10(16(25)23-14-5-4-12(18)7-20-14)24-6-2-3-11(9-24)13-8-21-17(26)15(19)22-13/h4-5,7-8,10-11H,2-3,6,9H2,1H3,(H2,19,22)(H,21,26)(H,20,23,25)/t10?,11-/m1/s1. The molecule has 0 spiro atoms. The number of amides is 1. The molecule has 0 bridgehead atoms. The molecule has 0 aliphatic carbocycles. The maximum absolute atomic E-state index is 12.5. The van der Waals surface area contributed by atoms with Crippen molar-refractivity contribution in [1.82, 2.24) is 19.9 Å². The zero-order valence-electron chi connectivity index (χ0n) is 14.4. The summed E-state index contributed by atoms with van der Waals surface area (Å²) in [5, 5.41) is 3.32. The molecule has 0 saturated carbocycles. The van der Waals surface area contributed by atoms with Gasteiger partial charge in [-0.1, -0.05) is 11.6 Å². The summed E-state index contributed by atoms with van der Waals surface area (Å²) < 4.78 is 0. The number of rotatable bonds is 4. The van der Waals surface area contributed by atoms with Crippen molar-refractivity contribution in [2.45, 2.75) is 31.7 Å². The van der Waals surface area contributed by atoms with Crippen LogP contribution in [0.5, 0.6) is 0 Å². The van der Waals surface area contributed by atoms with Gasteiger partial charge in [-0.05, 0) is 38.4 Å². The topological polar surface area (TPSA) is 117 Å². The molecule has 1 fully saturated rings. The molecule has 2 aromatic heterocycles. The Morgan fingerprint density at radius 1 is 1.50 bits per heavy atom. The number of pyridine rings is 1. The Balaban J connectivity index is 1.66. The quantitative estimate of drug-likeness (QED) is 0.746.